The van der Waals surface area contributed by atoms with E-state index in [-0.39, 0.29) is 41.1 Å². The lowest BCUT2D eigenvalue weighted by Crippen LogP contribution is -2.42. The van der Waals surface area contributed by atoms with E-state index in [2.05, 4.69) is 30.1 Å². The number of benzene rings is 1. The average Bonchev–Trinajstić information content (AvgIpc) is 3.63. The summed E-state index contributed by atoms with van der Waals surface area (Å²) in [4.78, 5) is 27.0. The van der Waals surface area contributed by atoms with Crippen LogP contribution in [0.1, 0.15) is 37.2 Å². The fourth-order valence-corrected chi connectivity index (χ4v) is 5.90. The number of hydrogen-bond acceptors (Lipinski definition) is 14. The number of aryl methyl sites for hydroxylation is 1. The molecule has 0 saturated carbocycles. The molecule has 1 saturated heterocycles. The van der Waals surface area contributed by atoms with Crippen molar-refractivity contribution >= 4 is 24.9 Å². The maximum atomic E-state index is 13.9. The molecule has 4 N–H and O–H groups in total. The normalized spacial score (nSPS) is 23.0. The van der Waals surface area contributed by atoms with Gasteiger partial charge in [0.2, 0.25) is 11.8 Å². The van der Waals surface area contributed by atoms with Crippen molar-refractivity contribution < 1.29 is 37.0 Å². The monoisotopic (exact) mass is 631 g/mol. The molecular weight excluding hydrogens is 601 g/mol. The van der Waals surface area contributed by atoms with Gasteiger partial charge >= 0.3 is 13.6 Å². The minimum absolute atomic E-state index is 0.0214. The van der Waals surface area contributed by atoms with Crippen LogP contribution in [0.2, 0.25) is 0 Å². The summed E-state index contributed by atoms with van der Waals surface area (Å²) < 4.78 is 48.1. The van der Waals surface area contributed by atoms with Gasteiger partial charge in [0, 0.05) is 11.5 Å². The van der Waals surface area contributed by atoms with E-state index in [1.54, 1.807) is 19.1 Å². The van der Waals surface area contributed by atoms with Gasteiger partial charge < -0.3 is 29.1 Å². The van der Waals surface area contributed by atoms with Gasteiger partial charge in [0.15, 0.2) is 23.2 Å². The molecule has 1 aliphatic heterocycles. The number of fused-ring (bicyclic) bond motifs is 1. The molecule has 1 aromatic carbocycles. The molecule has 0 aliphatic carbocycles. The molecule has 2 unspecified atom stereocenters. The number of aliphatic hydroxyl groups excluding tert-OH is 1. The number of nitrogens with two attached hydrogens (primary N) is 1. The predicted octanol–water partition coefficient (Wildman–Crippen LogP) is 3.12. The number of nitrogen functional groups attached to an aromatic ring is 1. The summed E-state index contributed by atoms with van der Waals surface area (Å²) in [6.07, 6.45) is -2.43. The zero-order valence-corrected chi connectivity index (χ0v) is 24.8. The van der Waals surface area contributed by atoms with Gasteiger partial charge in [-0.1, -0.05) is 35.4 Å². The second kappa shape index (κ2) is 12.8. The second-order valence-electron chi connectivity index (χ2n) is 9.85. The first-order valence-corrected chi connectivity index (χ1v) is 14.9. The highest BCUT2D eigenvalue weighted by molar-refractivity contribution is 7.51. The van der Waals surface area contributed by atoms with E-state index in [1.807, 2.05) is 18.2 Å². The van der Waals surface area contributed by atoms with E-state index in [0.29, 0.717) is 6.61 Å². The molecule has 1 aliphatic rings. The van der Waals surface area contributed by atoms with Crippen LogP contribution in [-0.4, -0.2) is 55.6 Å². The number of ether oxygens (including phenoxy) is 2. The fourth-order valence-electron chi connectivity index (χ4n) is 4.63. The molecule has 5 atom stereocenters. The van der Waals surface area contributed by atoms with Crippen LogP contribution in [0.25, 0.3) is 21.6 Å². The molecule has 44 heavy (non-hydrogen) atoms. The zero-order chi connectivity index (χ0) is 31.5. The first-order chi connectivity index (χ1) is 21.1. The van der Waals surface area contributed by atoms with Crippen molar-refractivity contribution in [2.75, 3.05) is 18.9 Å². The first kappa shape index (κ1) is 31.2. The number of rotatable bonds is 13. The predicted molar refractivity (Wildman–Crippen MR) is 152 cm³/mol. The Hall–Kier alpha value is -4.28. The van der Waals surface area contributed by atoms with Crippen molar-refractivity contribution in [3.05, 3.63) is 74.8 Å². The Morgan fingerprint density at radius 2 is 2.05 bits per heavy atom. The van der Waals surface area contributed by atoms with Gasteiger partial charge in [-0.2, -0.15) is 9.97 Å². The third kappa shape index (κ3) is 6.32. The molecule has 19 heteroatoms. The molecule has 5 rings (SSSR count). The van der Waals surface area contributed by atoms with E-state index in [4.69, 9.17) is 33.1 Å². The van der Waals surface area contributed by atoms with Gasteiger partial charge in [0.1, 0.15) is 24.0 Å². The van der Waals surface area contributed by atoms with Gasteiger partial charge in [-0.3, -0.25) is 13.6 Å². The summed E-state index contributed by atoms with van der Waals surface area (Å²) >= 11 is 0. The maximum Gasteiger partial charge on any atom is 0.519 e. The number of hydrogen-bond donors (Lipinski definition) is 3. The van der Waals surface area contributed by atoms with Crippen LogP contribution in [0, 0.1) is 6.92 Å². The quantitative estimate of drug-likeness (QED) is 0.0830. The molecule has 0 spiro atoms. The Morgan fingerprint density at radius 3 is 2.73 bits per heavy atom. The highest BCUT2D eigenvalue weighted by Gasteiger charge is 2.55. The van der Waals surface area contributed by atoms with E-state index in [0.717, 1.165) is 5.56 Å². The van der Waals surface area contributed by atoms with Gasteiger partial charge in [0.05, 0.1) is 25.6 Å². The molecule has 4 aromatic rings. The van der Waals surface area contributed by atoms with Crippen molar-refractivity contribution in [2.24, 2.45) is 5.11 Å². The Balaban J connectivity index is 1.40. The molecule has 0 radical (unpaired) electrons. The van der Waals surface area contributed by atoms with Crippen molar-refractivity contribution in [1.82, 2.24) is 24.6 Å². The number of aliphatic hydroxyl groups is 1. The van der Waals surface area contributed by atoms with Crippen LogP contribution in [-0.2, 0) is 31.5 Å². The van der Waals surface area contributed by atoms with Crippen LogP contribution in [0.5, 0.6) is 5.88 Å². The molecule has 0 amide bonds. The van der Waals surface area contributed by atoms with Gasteiger partial charge in [0.25, 0.3) is 0 Å². The summed E-state index contributed by atoms with van der Waals surface area (Å²) in [5.41, 5.74) is 14.9. The third-order valence-corrected chi connectivity index (χ3v) is 8.39. The van der Waals surface area contributed by atoms with Crippen LogP contribution in [0.3, 0.4) is 0 Å². The highest BCUT2D eigenvalue weighted by atomic mass is 31.2. The SMILES string of the molecule is CCOc1nc(N)nc2c1ncn2C1O[C@H](COP(=O)(NCc2ccccc2)OCc2oc(=O)oc2C)[C@@H](O)[C@@]1(C)N=[N+]=[N-]. The minimum atomic E-state index is -4.16. The summed E-state index contributed by atoms with van der Waals surface area (Å²) in [5.74, 6) is -0.723. The zero-order valence-electron chi connectivity index (χ0n) is 23.9. The Morgan fingerprint density at radius 1 is 1.27 bits per heavy atom. The molecular formula is C25H30N9O9P. The Labute approximate surface area is 249 Å². The smallest absolute Gasteiger partial charge is 0.476 e. The molecule has 234 valence electrons. The van der Waals surface area contributed by atoms with Crippen molar-refractivity contribution in [3.8, 4) is 5.88 Å². The van der Waals surface area contributed by atoms with Gasteiger partial charge in [-0.25, -0.2) is 19.4 Å². The summed E-state index contributed by atoms with van der Waals surface area (Å²) in [6, 6.07) is 9.06. The number of azide groups is 1. The summed E-state index contributed by atoms with van der Waals surface area (Å²) in [5, 5.41) is 17.9. The lowest BCUT2D eigenvalue weighted by atomic mass is 9.93. The van der Waals surface area contributed by atoms with E-state index in [1.165, 1.54) is 24.7 Å². The van der Waals surface area contributed by atoms with Crippen LogP contribution < -0.4 is 21.4 Å². The lowest BCUT2D eigenvalue weighted by molar-refractivity contribution is -0.0438. The second-order valence-corrected chi connectivity index (χ2v) is 11.7. The summed E-state index contributed by atoms with van der Waals surface area (Å²) in [7, 11) is -4.16. The van der Waals surface area contributed by atoms with E-state index >= 15 is 0 Å². The van der Waals surface area contributed by atoms with E-state index < -0.39 is 50.8 Å². The number of nitrogens with zero attached hydrogens (tertiary/aromatic N) is 7. The Kier molecular flexibility index (Phi) is 9.03. The van der Waals surface area contributed by atoms with Crippen molar-refractivity contribution in [2.45, 2.75) is 57.9 Å². The maximum absolute atomic E-state index is 13.9. The topological polar surface area (TPSA) is 248 Å². The number of aromatic nitrogens is 4. The molecule has 4 heterocycles. The average molecular weight is 632 g/mol. The minimum Gasteiger partial charge on any atom is -0.476 e. The standard InChI is InChI=1S/C25H30N9O9P/c1-4-38-21-18-20(30-23(26)31-21)34(13-28-18)22-25(3,32-33-27)19(35)17(42-22)12-40-44(37,29-10-15-8-6-5-7-9-15)39-11-16-14(2)41-24(36)43-16/h5-9,13,17,19,22,35H,4,10-12H2,1-3H3,(H,29,37)(H2,26,30,31)/t17-,19-,22?,25-,44?/m1/s1. The Bertz CT molecular complexity index is 1770. The van der Waals surface area contributed by atoms with Crippen LogP contribution in [0.4, 0.5) is 5.95 Å². The number of nitrogens with one attached hydrogen (secondary N) is 1. The number of anilines is 1. The highest BCUT2D eigenvalue weighted by Crippen LogP contribution is 2.48. The van der Waals surface area contributed by atoms with E-state index in [9.17, 15) is 20.0 Å². The lowest BCUT2D eigenvalue weighted by Gasteiger charge is -2.28. The van der Waals surface area contributed by atoms with Crippen molar-refractivity contribution in [3.63, 3.8) is 0 Å². The molecule has 18 nitrogen and oxygen atoms in total. The third-order valence-electron chi connectivity index (χ3n) is 6.88. The largest absolute Gasteiger partial charge is 0.519 e. The molecule has 3 aromatic heterocycles. The van der Waals surface area contributed by atoms with Gasteiger partial charge in [-0.15, -0.1) is 0 Å². The molecule has 1 fully saturated rings. The summed E-state index contributed by atoms with van der Waals surface area (Å²) in [6.45, 7) is 4.22. The van der Waals surface area contributed by atoms with Crippen LogP contribution in [0.15, 0.2) is 55.4 Å². The van der Waals surface area contributed by atoms with Gasteiger partial charge in [-0.05, 0) is 31.9 Å². The fraction of sp³-hybridized carbons (Fsp3) is 0.440. The first-order valence-electron chi connectivity index (χ1n) is 13.4. The number of imidazole rings is 1. The van der Waals surface area contributed by atoms with Crippen LogP contribution >= 0.6 is 7.75 Å². The molecule has 0 bridgehead atoms. The van der Waals surface area contributed by atoms with Crippen molar-refractivity contribution in [1.29, 1.82) is 0 Å².